The molecule has 252 valence electrons. The molecule has 0 aliphatic rings. The summed E-state index contributed by atoms with van der Waals surface area (Å²) in [5, 5.41) is 28.6. The van der Waals surface area contributed by atoms with E-state index in [0.29, 0.717) is 32.7 Å². The highest BCUT2D eigenvalue weighted by molar-refractivity contribution is 5.20. The Morgan fingerprint density at radius 3 is 2.05 bits per heavy atom. The Balaban J connectivity index is 2.30. The molecule has 5 atom stereocenters. The molecule has 0 aliphatic carbocycles. The number of alkyl halides is 1. The molecule has 0 heterocycles. The average molecular weight is 620 g/mol. The Kier molecular flexibility index (Phi) is 18.3. The highest BCUT2D eigenvalue weighted by Gasteiger charge is 2.41. The zero-order valence-corrected chi connectivity index (χ0v) is 27.2. The smallest absolute Gasteiger partial charge is 0.208 e. The summed E-state index contributed by atoms with van der Waals surface area (Å²) in [4.78, 5) is 0. The van der Waals surface area contributed by atoms with Crippen molar-refractivity contribution in [3.63, 3.8) is 0 Å². The molecule has 43 heavy (non-hydrogen) atoms. The first-order chi connectivity index (χ1) is 20.2. The predicted molar refractivity (Wildman–Crippen MR) is 164 cm³/mol. The van der Waals surface area contributed by atoms with Crippen LogP contribution in [-0.2, 0) is 23.7 Å². The second-order valence-corrected chi connectivity index (χ2v) is 12.3. The number of para-hydroxylation sites is 1. The van der Waals surface area contributed by atoms with Crippen molar-refractivity contribution >= 4 is 0 Å². The molecule has 11 heteroatoms. The van der Waals surface area contributed by atoms with Crippen molar-refractivity contribution in [1.29, 1.82) is 0 Å². The van der Waals surface area contributed by atoms with Gasteiger partial charge in [-0.15, -0.1) is 0 Å². The van der Waals surface area contributed by atoms with Crippen molar-refractivity contribution in [3.05, 3.63) is 30.3 Å². The van der Waals surface area contributed by atoms with Gasteiger partial charge in [-0.1, -0.05) is 39.0 Å². The van der Waals surface area contributed by atoms with E-state index >= 15 is 0 Å². The van der Waals surface area contributed by atoms with Crippen LogP contribution in [0.25, 0.3) is 0 Å². The van der Waals surface area contributed by atoms with Gasteiger partial charge in [0.25, 0.3) is 0 Å². The predicted octanol–water partition coefficient (Wildman–Crippen LogP) is 3.98. The summed E-state index contributed by atoms with van der Waals surface area (Å²) < 4.78 is 49.0. The van der Waals surface area contributed by atoms with Crippen LogP contribution in [0.2, 0.25) is 0 Å². The number of benzene rings is 1. The number of hydrogen-bond acceptors (Lipinski definition) is 10. The van der Waals surface area contributed by atoms with Crippen LogP contribution in [0.15, 0.2) is 30.3 Å². The normalized spacial score (nSPS) is 17.9. The summed E-state index contributed by atoms with van der Waals surface area (Å²) in [6.07, 6.45) is 0.660. The van der Waals surface area contributed by atoms with Gasteiger partial charge in [0.15, 0.2) is 0 Å². The van der Waals surface area contributed by atoms with Gasteiger partial charge in [0.05, 0.1) is 64.1 Å². The van der Waals surface area contributed by atoms with E-state index in [4.69, 9.17) is 39.3 Å². The molecule has 0 aliphatic heterocycles. The second kappa shape index (κ2) is 19.9. The number of rotatable bonds is 26. The largest absolute Gasteiger partial charge is 0.493 e. The molecule has 5 N–H and O–H groups in total. The quantitative estimate of drug-likeness (QED) is 0.0889. The third kappa shape index (κ3) is 17.0. The van der Waals surface area contributed by atoms with Crippen LogP contribution in [0.1, 0.15) is 73.6 Å². The molecule has 1 aromatic rings. The molecule has 0 saturated carbocycles. The van der Waals surface area contributed by atoms with E-state index in [1.807, 2.05) is 58.0 Å². The molecule has 1 rings (SSSR count). The van der Waals surface area contributed by atoms with E-state index in [1.165, 1.54) is 6.92 Å². The number of aliphatic hydroxyl groups is 3. The van der Waals surface area contributed by atoms with E-state index in [1.54, 1.807) is 6.92 Å². The first-order valence-corrected chi connectivity index (χ1v) is 15.4. The van der Waals surface area contributed by atoms with Crippen LogP contribution in [0, 0.1) is 5.41 Å². The number of aliphatic hydroxyl groups excluding tert-OH is 3. The van der Waals surface area contributed by atoms with E-state index in [9.17, 15) is 14.6 Å². The van der Waals surface area contributed by atoms with E-state index in [0.717, 1.165) is 12.2 Å². The van der Waals surface area contributed by atoms with Crippen LogP contribution in [-0.4, -0.2) is 104 Å². The maximum Gasteiger partial charge on any atom is 0.208 e. The Hall–Kier alpha value is -1.41. The fraction of sp³-hybridized carbons (Fsp3) is 0.812. The first kappa shape index (κ1) is 39.6. The van der Waals surface area contributed by atoms with Crippen LogP contribution < -0.4 is 10.5 Å². The Labute approximate surface area is 257 Å². The highest BCUT2D eigenvalue weighted by Crippen LogP contribution is 2.34. The molecular formula is C32H58FNO9. The summed E-state index contributed by atoms with van der Waals surface area (Å²) in [5.41, 5.74) is 4.35. The summed E-state index contributed by atoms with van der Waals surface area (Å²) in [6.45, 7) is 12.5. The Bertz CT molecular complexity index is 843. The van der Waals surface area contributed by atoms with Gasteiger partial charge in [0.2, 0.25) is 5.85 Å². The van der Waals surface area contributed by atoms with Gasteiger partial charge in [0, 0.05) is 31.5 Å². The molecule has 0 fully saturated rings. The number of halogens is 1. The maximum atomic E-state index is 14.9. The third-order valence-electron chi connectivity index (χ3n) is 7.78. The van der Waals surface area contributed by atoms with Gasteiger partial charge in [-0.3, -0.25) is 0 Å². The SMILES string of the molecule is CCC(C)(CCOCC(O)CCO)OCC(C)(C)C(C)(N)OCCC(C)(F)OCCOCC(O)CCOc1ccccc1. The van der Waals surface area contributed by atoms with Crippen LogP contribution in [0.5, 0.6) is 5.75 Å². The molecule has 0 saturated heterocycles. The van der Waals surface area contributed by atoms with Gasteiger partial charge >= 0.3 is 0 Å². The fourth-order valence-electron chi connectivity index (χ4n) is 3.75. The average Bonchev–Trinajstić information content (AvgIpc) is 2.94. The van der Waals surface area contributed by atoms with Gasteiger partial charge in [0.1, 0.15) is 11.5 Å². The van der Waals surface area contributed by atoms with Crippen molar-refractivity contribution in [3.8, 4) is 5.75 Å². The van der Waals surface area contributed by atoms with Crippen LogP contribution in [0.4, 0.5) is 4.39 Å². The van der Waals surface area contributed by atoms with Gasteiger partial charge in [-0.25, -0.2) is 4.39 Å². The molecule has 5 unspecified atom stereocenters. The van der Waals surface area contributed by atoms with Gasteiger partial charge in [-0.2, -0.15) is 0 Å². The van der Waals surface area contributed by atoms with E-state index < -0.39 is 34.8 Å². The number of nitrogens with two attached hydrogens (primary N) is 1. The summed E-state index contributed by atoms with van der Waals surface area (Å²) >= 11 is 0. The molecule has 0 spiro atoms. The summed E-state index contributed by atoms with van der Waals surface area (Å²) in [6, 6.07) is 9.36. The molecule has 0 bridgehead atoms. The molecule has 0 aromatic heterocycles. The lowest BCUT2D eigenvalue weighted by Gasteiger charge is -2.43. The van der Waals surface area contributed by atoms with E-state index in [-0.39, 0.29) is 52.5 Å². The Morgan fingerprint density at radius 1 is 0.791 bits per heavy atom. The molecule has 0 amide bonds. The zero-order chi connectivity index (χ0) is 32.4. The number of hydrogen-bond donors (Lipinski definition) is 4. The molecule has 10 nitrogen and oxygen atoms in total. The topological polar surface area (TPSA) is 142 Å². The minimum absolute atomic E-state index is 0.0255. The van der Waals surface area contributed by atoms with E-state index in [2.05, 4.69) is 0 Å². The van der Waals surface area contributed by atoms with Crippen molar-refractivity contribution in [2.45, 2.75) is 103 Å². The standard InChI is InChI=1S/C32H58FNO9/c1-7-30(4,15-19-38-23-26(36)13-17-35)43-25-29(2,3)32(6,34)42-20-16-31(5,33)41-22-21-39-24-27(37)14-18-40-28-11-9-8-10-12-28/h8-12,26-27,35-37H,7,13-25,34H2,1-6H3. The lowest BCUT2D eigenvalue weighted by atomic mass is 9.82. The second-order valence-electron chi connectivity index (χ2n) is 12.3. The third-order valence-corrected chi connectivity index (χ3v) is 7.78. The van der Waals surface area contributed by atoms with Crippen molar-refractivity contribution in [2.75, 3.05) is 59.5 Å². The fourth-order valence-corrected chi connectivity index (χ4v) is 3.75. The Morgan fingerprint density at radius 2 is 1.42 bits per heavy atom. The highest BCUT2D eigenvalue weighted by atomic mass is 19.2. The first-order valence-electron chi connectivity index (χ1n) is 15.4. The van der Waals surface area contributed by atoms with Crippen molar-refractivity contribution in [2.24, 2.45) is 11.1 Å². The summed E-state index contributed by atoms with van der Waals surface area (Å²) in [5.74, 6) is -1.19. The molecule has 0 radical (unpaired) electrons. The van der Waals surface area contributed by atoms with Crippen molar-refractivity contribution < 1.29 is 48.1 Å². The minimum atomic E-state index is -1.94. The lowest BCUT2D eigenvalue weighted by molar-refractivity contribution is -0.188. The maximum absolute atomic E-state index is 14.9. The minimum Gasteiger partial charge on any atom is -0.493 e. The zero-order valence-electron chi connectivity index (χ0n) is 27.2. The van der Waals surface area contributed by atoms with Crippen LogP contribution >= 0.6 is 0 Å². The van der Waals surface area contributed by atoms with Gasteiger partial charge in [-0.05, 0) is 52.2 Å². The monoisotopic (exact) mass is 619 g/mol. The number of ether oxygens (including phenoxy) is 6. The summed E-state index contributed by atoms with van der Waals surface area (Å²) in [7, 11) is 0. The van der Waals surface area contributed by atoms with Crippen LogP contribution in [0.3, 0.4) is 0 Å². The molecule has 1 aromatic carbocycles. The lowest BCUT2D eigenvalue weighted by Crippen LogP contribution is -2.55. The van der Waals surface area contributed by atoms with Gasteiger partial charge < -0.3 is 49.5 Å². The van der Waals surface area contributed by atoms with Crippen molar-refractivity contribution in [1.82, 2.24) is 0 Å². The molecular weight excluding hydrogens is 561 g/mol.